The van der Waals surface area contributed by atoms with Crippen LogP contribution in [0.5, 0.6) is 0 Å². The molecule has 3 atom stereocenters. The van der Waals surface area contributed by atoms with Crippen LogP contribution in [0.4, 0.5) is 0 Å². The van der Waals surface area contributed by atoms with Crippen molar-refractivity contribution in [2.45, 2.75) is 63.7 Å². The van der Waals surface area contributed by atoms with Crippen molar-refractivity contribution in [1.29, 1.82) is 0 Å². The molecular formula is C12H25NO2S. The monoisotopic (exact) mass is 247 g/mol. The van der Waals surface area contributed by atoms with E-state index in [0.29, 0.717) is 12.3 Å². The highest BCUT2D eigenvalue weighted by molar-refractivity contribution is 7.92. The van der Waals surface area contributed by atoms with E-state index in [1.165, 1.54) is 6.42 Å². The number of nitrogens with two attached hydrogens (primary N) is 1. The van der Waals surface area contributed by atoms with Gasteiger partial charge < -0.3 is 5.73 Å². The van der Waals surface area contributed by atoms with Gasteiger partial charge in [-0.25, -0.2) is 8.42 Å². The summed E-state index contributed by atoms with van der Waals surface area (Å²) in [5, 5.41) is -0.0926. The minimum atomic E-state index is -2.90. The normalized spacial score (nSPS) is 28.9. The van der Waals surface area contributed by atoms with Gasteiger partial charge in [-0.2, -0.15) is 0 Å². The summed E-state index contributed by atoms with van der Waals surface area (Å²) in [6.45, 7) is 4.02. The number of hydrogen-bond donors (Lipinski definition) is 1. The molecule has 1 rings (SSSR count). The third-order valence-corrected chi connectivity index (χ3v) is 5.93. The SMILES string of the molecule is CCC1CCCC(S(=O)(=O)CCC(C)N)C1. The van der Waals surface area contributed by atoms with Crippen molar-refractivity contribution in [2.75, 3.05) is 5.75 Å². The minimum Gasteiger partial charge on any atom is -0.328 e. The molecule has 96 valence electrons. The molecular weight excluding hydrogens is 222 g/mol. The molecule has 1 saturated carbocycles. The van der Waals surface area contributed by atoms with Crippen molar-refractivity contribution in [3.8, 4) is 0 Å². The van der Waals surface area contributed by atoms with Crippen LogP contribution in [0.25, 0.3) is 0 Å². The molecule has 0 aromatic heterocycles. The molecule has 0 radical (unpaired) electrons. The van der Waals surface area contributed by atoms with E-state index < -0.39 is 9.84 Å². The predicted octanol–water partition coefficient (Wildman–Crippen LogP) is 2.11. The maximum atomic E-state index is 12.1. The Labute approximate surface area is 99.7 Å². The molecule has 0 saturated heterocycles. The Bertz CT molecular complexity index is 298. The zero-order valence-electron chi connectivity index (χ0n) is 10.5. The van der Waals surface area contributed by atoms with Gasteiger partial charge in [0.05, 0.1) is 11.0 Å². The van der Waals surface area contributed by atoms with Crippen molar-refractivity contribution in [3.63, 3.8) is 0 Å². The third-order valence-electron chi connectivity index (χ3n) is 3.68. The first-order valence-corrected chi connectivity index (χ1v) is 8.14. The van der Waals surface area contributed by atoms with Gasteiger partial charge >= 0.3 is 0 Å². The average molecular weight is 247 g/mol. The predicted molar refractivity (Wildman–Crippen MR) is 68.1 cm³/mol. The summed E-state index contributed by atoms with van der Waals surface area (Å²) in [6.07, 6.45) is 5.71. The highest BCUT2D eigenvalue weighted by Crippen LogP contribution is 2.31. The van der Waals surface area contributed by atoms with Crippen LogP contribution in [0.1, 0.15) is 52.4 Å². The Kier molecular flexibility index (Phi) is 5.25. The molecule has 3 nitrogen and oxygen atoms in total. The summed E-state index contributed by atoms with van der Waals surface area (Å²) < 4.78 is 24.2. The molecule has 1 aliphatic rings. The summed E-state index contributed by atoms with van der Waals surface area (Å²) in [5.41, 5.74) is 5.62. The Morgan fingerprint density at radius 2 is 2.06 bits per heavy atom. The van der Waals surface area contributed by atoms with Crippen molar-refractivity contribution in [3.05, 3.63) is 0 Å². The van der Waals surface area contributed by atoms with Gasteiger partial charge in [0.15, 0.2) is 9.84 Å². The Morgan fingerprint density at radius 3 is 2.62 bits per heavy atom. The average Bonchev–Trinajstić information content (AvgIpc) is 2.27. The molecule has 0 aromatic carbocycles. The highest BCUT2D eigenvalue weighted by Gasteiger charge is 2.30. The lowest BCUT2D eigenvalue weighted by atomic mass is 9.87. The van der Waals surface area contributed by atoms with Crippen LogP contribution in [0.2, 0.25) is 0 Å². The minimum absolute atomic E-state index is 0.0136. The largest absolute Gasteiger partial charge is 0.328 e. The van der Waals surface area contributed by atoms with Gasteiger partial charge in [0.2, 0.25) is 0 Å². The molecule has 0 spiro atoms. The van der Waals surface area contributed by atoms with E-state index in [2.05, 4.69) is 6.92 Å². The second-order valence-electron chi connectivity index (χ2n) is 5.20. The molecule has 4 heteroatoms. The van der Waals surface area contributed by atoms with Gasteiger partial charge in [-0.3, -0.25) is 0 Å². The van der Waals surface area contributed by atoms with E-state index in [-0.39, 0.29) is 17.0 Å². The van der Waals surface area contributed by atoms with Crippen molar-refractivity contribution >= 4 is 9.84 Å². The molecule has 2 N–H and O–H groups in total. The summed E-state index contributed by atoms with van der Waals surface area (Å²) in [6, 6.07) is -0.0136. The maximum absolute atomic E-state index is 12.1. The Morgan fingerprint density at radius 1 is 1.38 bits per heavy atom. The quantitative estimate of drug-likeness (QED) is 0.809. The topological polar surface area (TPSA) is 60.2 Å². The number of hydrogen-bond acceptors (Lipinski definition) is 3. The first kappa shape index (κ1) is 14.0. The van der Waals surface area contributed by atoms with Gasteiger partial charge in [0.1, 0.15) is 0 Å². The van der Waals surface area contributed by atoms with E-state index in [4.69, 9.17) is 5.73 Å². The zero-order chi connectivity index (χ0) is 12.2. The van der Waals surface area contributed by atoms with E-state index in [1.54, 1.807) is 0 Å². The number of sulfone groups is 1. The highest BCUT2D eigenvalue weighted by atomic mass is 32.2. The molecule has 0 bridgehead atoms. The molecule has 0 heterocycles. The molecule has 3 unspecified atom stereocenters. The van der Waals surface area contributed by atoms with E-state index >= 15 is 0 Å². The Hall–Kier alpha value is -0.0900. The maximum Gasteiger partial charge on any atom is 0.153 e. The molecule has 0 aromatic rings. The van der Waals surface area contributed by atoms with Crippen LogP contribution in [0.3, 0.4) is 0 Å². The van der Waals surface area contributed by atoms with Crippen LogP contribution >= 0.6 is 0 Å². The second kappa shape index (κ2) is 6.01. The van der Waals surface area contributed by atoms with Crippen molar-refractivity contribution in [1.82, 2.24) is 0 Å². The summed E-state index contributed by atoms with van der Waals surface area (Å²) in [7, 11) is -2.90. The third kappa shape index (κ3) is 4.06. The van der Waals surface area contributed by atoms with Gasteiger partial charge in [-0.05, 0) is 32.1 Å². The summed E-state index contributed by atoms with van der Waals surface area (Å²) in [4.78, 5) is 0. The van der Waals surface area contributed by atoms with Crippen LogP contribution in [0.15, 0.2) is 0 Å². The summed E-state index contributed by atoms with van der Waals surface area (Å²) >= 11 is 0. The fourth-order valence-corrected chi connectivity index (χ4v) is 4.58. The molecule has 16 heavy (non-hydrogen) atoms. The molecule has 0 amide bonds. The standard InChI is InChI=1S/C12H25NO2S/c1-3-11-5-4-6-12(9-11)16(14,15)8-7-10(2)13/h10-12H,3-9,13H2,1-2H3. The van der Waals surface area contributed by atoms with Gasteiger partial charge in [-0.15, -0.1) is 0 Å². The first-order valence-electron chi connectivity index (χ1n) is 6.42. The smallest absolute Gasteiger partial charge is 0.153 e. The Balaban J connectivity index is 2.54. The van der Waals surface area contributed by atoms with E-state index in [1.807, 2.05) is 6.92 Å². The van der Waals surface area contributed by atoms with E-state index in [9.17, 15) is 8.42 Å². The van der Waals surface area contributed by atoms with Crippen molar-refractivity contribution < 1.29 is 8.42 Å². The first-order chi connectivity index (χ1) is 7.45. The lowest BCUT2D eigenvalue weighted by Crippen LogP contribution is -2.31. The van der Waals surface area contributed by atoms with Crippen LogP contribution in [-0.4, -0.2) is 25.5 Å². The fourth-order valence-electron chi connectivity index (χ4n) is 2.46. The molecule has 0 aliphatic heterocycles. The number of rotatable bonds is 5. The lowest BCUT2D eigenvalue weighted by molar-refractivity contribution is 0.348. The van der Waals surface area contributed by atoms with Gasteiger partial charge in [0.25, 0.3) is 0 Å². The van der Waals surface area contributed by atoms with Crippen LogP contribution in [0, 0.1) is 5.92 Å². The summed E-state index contributed by atoms with van der Waals surface area (Å²) in [5.74, 6) is 0.884. The lowest BCUT2D eigenvalue weighted by Gasteiger charge is -2.28. The fraction of sp³-hybridized carbons (Fsp3) is 1.00. The van der Waals surface area contributed by atoms with E-state index in [0.717, 1.165) is 25.7 Å². The zero-order valence-corrected chi connectivity index (χ0v) is 11.3. The second-order valence-corrected chi connectivity index (χ2v) is 7.60. The molecule has 1 fully saturated rings. The van der Waals surface area contributed by atoms with Crippen LogP contribution < -0.4 is 5.73 Å². The van der Waals surface area contributed by atoms with Gasteiger partial charge in [0, 0.05) is 6.04 Å². The molecule has 1 aliphatic carbocycles. The van der Waals surface area contributed by atoms with Gasteiger partial charge in [-0.1, -0.05) is 26.2 Å². The van der Waals surface area contributed by atoms with Crippen LogP contribution in [-0.2, 0) is 9.84 Å². The van der Waals surface area contributed by atoms with Crippen molar-refractivity contribution in [2.24, 2.45) is 11.7 Å².